The van der Waals surface area contributed by atoms with E-state index < -0.39 is 19.5 Å². The molecule has 1 aromatic carbocycles. The number of phosphoric acid groups is 1. The van der Waals surface area contributed by atoms with Gasteiger partial charge in [0.1, 0.15) is 11.5 Å². The summed E-state index contributed by atoms with van der Waals surface area (Å²) in [6, 6.07) is 2.70. The Labute approximate surface area is 82.0 Å². The highest BCUT2D eigenvalue weighted by atomic mass is 31.2. The smallest absolute Gasteiger partial charge is 0.222 e. The number of hydrazine groups is 1. The third-order valence-electron chi connectivity index (χ3n) is 1.78. The lowest BCUT2D eigenvalue weighted by Gasteiger charge is -2.21. The summed E-state index contributed by atoms with van der Waals surface area (Å²) in [6.45, 7) is 0. The number of benzene rings is 1. The predicted molar refractivity (Wildman–Crippen MR) is 41.5 cm³/mol. The van der Waals surface area contributed by atoms with Gasteiger partial charge in [0.05, 0.1) is 5.34 Å². The van der Waals surface area contributed by atoms with E-state index in [-0.39, 0.29) is 5.69 Å². The number of rotatable bonds is 1. The molecule has 3 aliphatic heterocycles. The average molecular weight is 236 g/mol. The molecule has 9 heteroatoms. The summed E-state index contributed by atoms with van der Waals surface area (Å²) in [5, 5.41) is 1.21. The van der Waals surface area contributed by atoms with E-state index in [4.69, 9.17) is 0 Å². The lowest BCUT2D eigenvalue weighted by molar-refractivity contribution is -0.318. The van der Waals surface area contributed by atoms with Crippen LogP contribution in [0.4, 0.5) is 14.5 Å². The third kappa shape index (κ3) is 1.27. The van der Waals surface area contributed by atoms with Crippen molar-refractivity contribution in [3.63, 3.8) is 0 Å². The first kappa shape index (κ1) is 9.20. The van der Waals surface area contributed by atoms with E-state index in [1.807, 2.05) is 0 Å². The van der Waals surface area contributed by atoms with Crippen molar-refractivity contribution >= 4 is 13.5 Å². The van der Waals surface area contributed by atoms with Crippen LogP contribution in [-0.2, 0) is 18.4 Å². The Bertz CT molecular complexity index is 474. The Kier molecular flexibility index (Phi) is 1.68. The van der Waals surface area contributed by atoms with Crippen LogP contribution in [0.1, 0.15) is 0 Å². The molecule has 0 unspecified atom stereocenters. The molecule has 3 saturated heterocycles. The van der Waals surface area contributed by atoms with Gasteiger partial charge in [-0.1, -0.05) is 0 Å². The van der Waals surface area contributed by atoms with E-state index in [1.165, 1.54) is 0 Å². The molecule has 4 rings (SSSR count). The maximum atomic E-state index is 13.2. The fraction of sp³-hybridized carbons (Fsp3) is 0. The van der Waals surface area contributed by atoms with Gasteiger partial charge in [0.15, 0.2) is 5.82 Å². The lowest BCUT2D eigenvalue weighted by atomic mass is 10.3. The normalized spacial score (nSPS) is 32.9. The van der Waals surface area contributed by atoms with Gasteiger partial charge in [0.2, 0.25) is 0 Å². The largest absolute Gasteiger partial charge is 0.538 e. The summed E-state index contributed by atoms with van der Waals surface area (Å²) in [5.41, 5.74) is -0.287. The van der Waals surface area contributed by atoms with E-state index in [0.29, 0.717) is 10.5 Å². The van der Waals surface area contributed by atoms with Gasteiger partial charge in [-0.25, -0.2) is 13.3 Å². The van der Waals surface area contributed by atoms with Crippen molar-refractivity contribution in [2.24, 2.45) is 0 Å². The Morgan fingerprint density at radius 3 is 2.53 bits per heavy atom. The Morgan fingerprint density at radius 2 is 1.93 bits per heavy atom. The van der Waals surface area contributed by atoms with Crippen molar-refractivity contribution in [1.82, 2.24) is 5.34 Å². The Morgan fingerprint density at radius 1 is 1.20 bits per heavy atom. The number of hydrogen-bond donors (Lipinski definition) is 0. The van der Waals surface area contributed by atoms with Crippen LogP contribution in [0.15, 0.2) is 18.2 Å². The van der Waals surface area contributed by atoms with E-state index >= 15 is 0 Å². The molecule has 0 N–H and O–H groups in total. The highest BCUT2D eigenvalue weighted by Crippen LogP contribution is 2.67. The maximum Gasteiger partial charge on any atom is 0.538 e. The molecule has 0 amide bonds. The first-order valence-corrected chi connectivity index (χ1v) is 5.28. The number of halogens is 2. The monoisotopic (exact) mass is 236 g/mol. The minimum absolute atomic E-state index is 0.287. The molecule has 1 aromatic rings. The topological polar surface area (TPSA) is 51.2 Å². The fourth-order valence-corrected chi connectivity index (χ4v) is 2.05. The number of anilines is 1. The van der Waals surface area contributed by atoms with Crippen LogP contribution in [0.25, 0.3) is 0 Å². The number of hydrogen-bond acceptors (Lipinski definition) is 6. The molecule has 3 fully saturated rings. The SMILES string of the molecule is O=P12ON(O1)N(c1cc(F)ccc1F)O2. The van der Waals surface area contributed by atoms with Gasteiger partial charge in [0.25, 0.3) is 0 Å². The van der Waals surface area contributed by atoms with Crippen LogP contribution < -0.4 is 5.17 Å². The van der Waals surface area contributed by atoms with Crippen LogP contribution in [0.3, 0.4) is 0 Å². The molecule has 3 aliphatic rings. The summed E-state index contributed by atoms with van der Waals surface area (Å²) in [5.74, 6) is -1.43. The zero-order chi connectivity index (χ0) is 10.6. The quantitative estimate of drug-likeness (QED) is 0.694. The molecule has 0 saturated carbocycles. The zero-order valence-corrected chi connectivity index (χ0v) is 7.86. The van der Waals surface area contributed by atoms with Gasteiger partial charge in [-0.15, -0.1) is 19.0 Å². The molecule has 0 atom stereocenters. The minimum Gasteiger partial charge on any atom is -0.222 e. The summed E-state index contributed by atoms with van der Waals surface area (Å²) in [6.07, 6.45) is 0. The van der Waals surface area contributed by atoms with Gasteiger partial charge in [-0.05, 0) is 12.1 Å². The molecule has 3 heterocycles. The predicted octanol–water partition coefficient (Wildman–Crippen LogP) is 1.92. The first-order valence-electron chi connectivity index (χ1n) is 3.82. The van der Waals surface area contributed by atoms with Crippen LogP contribution in [-0.4, -0.2) is 5.34 Å². The van der Waals surface area contributed by atoms with E-state index in [2.05, 4.69) is 13.9 Å². The van der Waals surface area contributed by atoms with Crippen molar-refractivity contribution in [2.75, 3.05) is 5.17 Å². The second-order valence-corrected chi connectivity index (χ2v) is 4.18. The van der Waals surface area contributed by atoms with Gasteiger partial charge in [-0.2, -0.15) is 0 Å². The average Bonchev–Trinajstić information content (AvgIpc) is 2.62. The molecular formula is C6H3F2N2O4P. The molecular weight excluding hydrogens is 233 g/mol. The molecule has 6 nitrogen and oxygen atoms in total. The van der Waals surface area contributed by atoms with Crippen molar-refractivity contribution in [1.29, 1.82) is 0 Å². The highest BCUT2D eigenvalue weighted by molar-refractivity contribution is 7.49. The Balaban J connectivity index is 2.00. The summed E-state index contributed by atoms with van der Waals surface area (Å²) < 4.78 is 50.7. The van der Waals surface area contributed by atoms with Crippen LogP contribution >= 0.6 is 7.82 Å². The van der Waals surface area contributed by atoms with E-state index in [9.17, 15) is 13.3 Å². The van der Waals surface area contributed by atoms with Gasteiger partial charge in [0, 0.05) is 6.07 Å². The van der Waals surface area contributed by atoms with Crippen LogP contribution in [0.5, 0.6) is 0 Å². The molecule has 0 aromatic heterocycles. The molecule has 0 radical (unpaired) electrons. The molecule has 15 heavy (non-hydrogen) atoms. The first-order chi connectivity index (χ1) is 7.07. The van der Waals surface area contributed by atoms with Gasteiger partial charge in [-0.3, -0.25) is 0 Å². The molecule has 80 valence electrons. The van der Waals surface area contributed by atoms with Crippen LogP contribution in [0, 0.1) is 11.6 Å². The number of nitrogens with zero attached hydrogens (tertiary/aromatic N) is 2. The second kappa shape index (κ2) is 2.75. The van der Waals surface area contributed by atoms with Crippen molar-refractivity contribution in [3.05, 3.63) is 29.8 Å². The molecule has 0 spiro atoms. The molecule has 0 aliphatic carbocycles. The number of fused-ring (bicyclic) bond motifs is 1. The second-order valence-electron chi connectivity index (χ2n) is 2.80. The zero-order valence-electron chi connectivity index (χ0n) is 6.96. The van der Waals surface area contributed by atoms with Crippen molar-refractivity contribution in [2.45, 2.75) is 0 Å². The molecule has 2 bridgehead atoms. The van der Waals surface area contributed by atoms with Gasteiger partial charge >= 0.3 is 7.82 Å². The maximum absolute atomic E-state index is 13.2. The summed E-state index contributed by atoms with van der Waals surface area (Å²) >= 11 is 0. The van der Waals surface area contributed by atoms with Crippen molar-refractivity contribution < 1.29 is 27.2 Å². The van der Waals surface area contributed by atoms with E-state index in [1.54, 1.807) is 0 Å². The highest BCUT2D eigenvalue weighted by Gasteiger charge is 2.60. The minimum atomic E-state index is -3.59. The van der Waals surface area contributed by atoms with E-state index in [0.717, 1.165) is 18.2 Å². The summed E-state index contributed by atoms with van der Waals surface area (Å²) in [4.78, 5) is 0. The van der Waals surface area contributed by atoms with Crippen LogP contribution in [0.2, 0.25) is 0 Å². The third-order valence-corrected chi connectivity index (χ3v) is 2.81. The standard InChI is InChI=1S/C6H3F2N2O4P/c7-4-1-2-5(8)6(3-4)9-10-13-15(11,12-9)14-10/h1-3H. The van der Waals surface area contributed by atoms with Crippen molar-refractivity contribution in [3.8, 4) is 0 Å². The lowest BCUT2D eigenvalue weighted by Crippen LogP contribution is -2.34. The fourth-order valence-electron chi connectivity index (χ4n) is 1.16. The van der Waals surface area contributed by atoms with Gasteiger partial charge < -0.3 is 0 Å². The summed E-state index contributed by atoms with van der Waals surface area (Å²) in [7, 11) is -3.59. The Hall–Kier alpha value is -1.05.